The molecule has 6 heteroatoms. The summed E-state index contributed by atoms with van der Waals surface area (Å²) in [7, 11) is 1.24. The fourth-order valence-corrected chi connectivity index (χ4v) is 1.32. The molecule has 0 radical (unpaired) electrons. The van der Waals surface area contributed by atoms with Crippen molar-refractivity contribution in [2.75, 3.05) is 19.0 Å². The molecule has 0 atom stereocenters. The predicted octanol–water partition coefficient (Wildman–Crippen LogP) is 2.72. The molecule has 0 aliphatic carbocycles. The highest BCUT2D eigenvalue weighted by atomic mass is 19.2. The third-order valence-corrected chi connectivity index (χ3v) is 2.47. The maximum absolute atomic E-state index is 13.3. The third-order valence-electron chi connectivity index (χ3n) is 2.47. The number of benzene rings is 1. The van der Waals surface area contributed by atoms with Gasteiger partial charge in [-0.1, -0.05) is 0 Å². The number of carbonyl (C=O) groups is 1. The molecular weight excluding hydrogens is 247 g/mol. The van der Waals surface area contributed by atoms with Gasteiger partial charge in [0.2, 0.25) is 0 Å². The van der Waals surface area contributed by atoms with Crippen LogP contribution < -0.4 is 5.32 Å². The Labute approximate surface area is 103 Å². The summed E-state index contributed by atoms with van der Waals surface area (Å²) in [5.74, 6) is -3.83. The smallest absolute Gasteiger partial charge is 0.313 e. The Morgan fingerprint density at radius 2 is 1.78 bits per heavy atom. The third kappa shape index (κ3) is 3.15. The zero-order valence-corrected chi connectivity index (χ0v) is 10.3. The van der Waals surface area contributed by atoms with Crippen LogP contribution in [0.3, 0.4) is 0 Å². The van der Waals surface area contributed by atoms with Gasteiger partial charge < -0.3 is 10.1 Å². The van der Waals surface area contributed by atoms with Gasteiger partial charge >= 0.3 is 5.97 Å². The van der Waals surface area contributed by atoms with Crippen molar-refractivity contribution in [3.8, 4) is 0 Å². The number of halogens is 3. The van der Waals surface area contributed by atoms with Gasteiger partial charge in [-0.3, -0.25) is 4.79 Å². The Balaban J connectivity index is 2.81. The van der Waals surface area contributed by atoms with E-state index in [4.69, 9.17) is 0 Å². The molecule has 0 bridgehead atoms. The standard InChI is InChI=1S/C12H14F3NO2/c1-12(2,11(17)18-3)6-16-10-5-8(14)7(13)4-9(10)15/h4-5,16H,6H2,1-3H3. The van der Waals surface area contributed by atoms with Crippen LogP contribution in [0.4, 0.5) is 18.9 Å². The minimum Gasteiger partial charge on any atom is -0.469 e. The van der Waals surface area contributed by atoms with E-state index in [-0.39, 0.29) is 12.2 Å². The highest BCUT2D eigenvalue weighted by molar-refractivity contribution is 5.76. The van der Waals surface area contributed by atoms with E-state index in [0.29, 0.717) is 12.1 Å². The van der Waals surface area contributed by atoms with Crippen molar-refractivity contribution in [2.45, 2.75) is 13.8 Å². The molecule has 0 saturated heterocycles. The van der Waals surface area contributed by atoms with E-state index >= 15 is 0 Å². The molecule has 0 unspecified atom stereocenters. The van der Waals surface area contributed by atoms with Crippen LogP contribution >= 0.6 is 0 Å². The summed E-state index contributed by atoms with van der Waals surface area (Å²) in [4.78, 5) is 11.4. The first kappa shape index (κ1) is 14.3. The molecule has 0 aliphatic heterocycles. The van der Waals surface area contributed by atoms with E-state index in [1.165, 1.54) is 7.11 Å². The van der Waals surface area contributed by atoms with E-state index in [0.717, 1.165) is 0 Å². The van der Waals surface area contributed by atoms with Crippen LogP contribution in [0.15, 0.2) is 12.1 Å². The fourth-order valence-electron chi connectivity index (χ4n) is 1.32. The van der Waals surface area contributed by atoms with Gasteiger partial charge in [-0.2, -0.15) is 0 Å². The molecule has 18 heavy (non-hydrogen) atoms. The van der Waals surface area contributed by atoms with Crippen molar-refractivity contribution in [3.63, 3.8) is 0 Å². The van der Waals surface area contributed by atoms with Gasteiger partial charge in [0.15, 0.2) is 11.6 Å². The van der Waals surface area contributed by atoms with Crippen LogP contribution in [0.5, 0.6) is 0 Å². The van der Waals surface area contributed by atoms with E-state index in [9.17, 15) is 18.0 Å². The number of carbonyl (C=O) groups excluding carboxylic acids is 1. The predicted molar refractivity (Wildman–Crippen MR) is 60.6 cm³/mol. The molecule has 1 rings (SSSR count). The van der Waals surface area contributed by atoms with Gasteiger partial charge in [-0.25, -0.2) is 13.2 Å². The Bertz CT molecular complexity index is 461. The Kier molecular flexibility index (Phi) is 4.21. The minimum absolute atomic E-state index is 0.0294. The summed E-state index contributed by atoms with van der Waals surface area (Å²) < 4.78 is 43.5. The van der Waals surface area contributed by atoms with Crippen molar-refractivity contribution in [1.29, 1.82) is 0 Å². The molecule has 3 nitrogen and oxygen atoms in total. The number of anilines is 1. The molecule has 0 heterocycles. The monoisotopic (exact) mass is 261 g/mol. The lowest BCUT2D eigenvalue weighted by Gasteiger charge is -2.22. The Hall–Kier alpha value is -1.72. The van der Waals surface area contributed by atoms with Gasteiger partial charge in [0, 0.05) is 18.7 Å². The quantitative estimate of drug-likeness (QED) is 0.669. The summed E-state index contributed by atoms with van der Waals surface area (Å²) in [5, 5.41) is 2.55. The topological polar surface area (TPSA) is 38.3 Å². The minimum atomic E-state index is -1.26. The van der Waals surface area contributed by atoms with Crippen LogP contribution in [0, 0.1) is 22.9 Å². The second-order valence-electron chi connectivity index (χ2n) is 4.48. The highest BCUT2D eigenvalue weighted by Gasteiger charge is 2.28. The molecule has 0 aliphatic rings. The molecule has 100 valence electrons. The number of ether oxygens (including phenoxy) is 1. The van der Waals surface area contributed by atoms with Crippen LogP contribution in [0.1, 0.15) is 13.8 Å². The molecule has 0 fully saturated rings. The first-order valence-corrected chi connectivity index (χ1v) is 5.25. The molecule has 0 aromatic heterocycles. The number of hydrogen-bond donors (Lipinski definition) is 1. The zero-order chi connectivity index (χ0) is 13.9. The number of methoxy groups -OCH3 is 1. The van der Waals surface area contributed by atoms with Crippen LogP contribution in [-0.2, 0) is 9.53 Å². The van der Waals surface area contributed by atoms with Gasteiger partial charge in [0.1, 0.15) is 5.82 Å². The maximum atomic E-state index is 13.3. The van der Waals surface area contributed by atoms with E-state index < -0.39 is 28.8 Å². The van der Waals surface area contributed by atoms with Crippen LogP contribution in [-0.4, -0.2) is 19.6 Å². The van der Waals surface area contributed by atoms with Crippen molar-refractivity contribution in [2.24, 2.45) is 5.41 Å². The number of nitrogens with one attached hydrogen (secondary N) is 1. The SMILES string of the molecule is COC(=O)C(C)(C)CNc1cc(F)c(F)cc1F. The van der Waals surface area contributed by atoms with E-state index in [2.05, 4.69) is 10.1 Å². The Morgan fingerprint density at radius 3 is 2.33 bits per heavy atom. The largest absolute Gasteiger partial charge is 0.469 e. The number of hydrogen-bond acceptors (Lipinski definition) is 3. The second kappa shape index (κ2) is 5.29. The maximum Gasteiger partial charge on any atom is 0.313 e. The van der Waals surface area contributed by atoms with Crippen molar-refractivity contribution < 1.29 is 22.7 Å². The van der Waals surface area contributed by atoms with Gasteiger partial charge in [-0.15, -0.1) is 0 Å². The Morgan fingerprint density at radius 1 is 1.22 bits per heavy atom. The average Bonchev–Trinajstić information content (AvgIpc) is 2.31. The first-order valence-electron chi connectivity index (χ1n) is 5.25. The van der Waals surface area contributed by atoms with E-state index in [1.54, 1.807) is 13.8 Å². The summed E-state index contributed by atoms with van der Waals surface area (Å²) >= 11 is 0. The second-order valence-corrected chi connectivity index (χ2v) is 4.48. The van der Waals surface area contributed by atoms with Crippen molar-refractivity contribution in [3.05, 3.63) is 29.6 Å². The fraction of sp³-hybridized carbons (Fsp3) is 0.417. The average molecular weight is 261 g/mol. The normalized spacial score (nSPS) is 11.2. The van der Waals surface area contributed by atoms with Gasteiger partial charge in [0.25, 0.3) is 0 Å². The van der Waals surface area contributed by atoms with Gasteiger partial charge in [0.05, 0.1) is 18.2 Å². The van der Waals surface area contributed by atoms with Crippen LogP contribution in [0.25, 0.3) is 0 Å². The summed E-state index contributed by atoms with van der Waals surface area (Å²) in [6.07, 6.45) is 0. The number of esters is 1. The molecule has 1 aromatic carbocycles. The summed E-state index contributed by atoms with van der Waals surface area (Å²) in [6, 6.07) is 1.15. The lowest BCUT2D eigenvalue weighted by Crippen LogP contribution is -2.33. The van der Waals surface area contributed by atoms with Crippen LogP contribution in [0.2, 0.25) is 0 Å². The summed E-state index contributed by atoms with van der Waals surface area (Å²) in [5.41, 5.74) is -1.11. The summed E-state index contributed by atoms with van der Waals surface area (Å²) in [6.45, 7) is 3.20. The zero-order valence-electron chi connectivity index (χ0n) is 10.3. The molecule has 0 saturated carbocycles. The first-order chi connectivity index (χ1) is 8.27. The lowest BCUT2D eigenvalue weighted by atomic mass is 9.93. The molecular formula is C12H14F3NO2. The molecule has 1 N–H and O–H groups in total. The molecule has 1 aromatic rings. The highest BCUT2D eigenvalue weighted by Crippen LogP contribution is 2.22. The lowest BCUT2D eigenvalue weighted by molar-refractivity contribution is -0.149. The van der Waals surface area contributed by atoms with Crippen molar-refractivity contribution >= 4 is 11.7 Å². The molecule has 0 spiro atoms. The number of rotatable bonds is 4. The van der Waals surface area contributed by atoms with E-state index in [1.807, 2.05) is 0 Å². The molecule has 0 amide bonds. The van der Waals surface area contributed by atoms with Gasteiger partial charge in [-0.05, 0) is 13.8 Å². The van der Waals surface area contributed by atoms with Crippen molar-refractivity contribution in [1.82, 2.24) is 0 Å².